The van der Waals surface area contributed by atoms with Gasteiger partial charge >= 0.3 is 0 Å². The number of hydrogen-bond donors (Lipinski definition) is 1. The van der Waals surface area contributed by atoms with Gasteiger partial charge in [-0.3, -0.25) is 9.36 Å². The number of nitrogens with one attached hydrogen (secondary N) is 1. The highest BCUT2D eigenvalue weighted by molar-refractivity contribution is 6.74. The summed E-state index contributed by atoms with van der Waals surface area (Å²) in [6.45, 7) is 12.6. The Morgan fingerprint density at radius 2 is 1.85 bits per heavy atom. The Bertz CT molecular complexity index is 1640. The number of imidazole rings is 1. The van der Waals surface area contributed by atoms with E-state index < -0.39 is 14.1 Å². The van der Waals surface area contributed by atoms with Gasteiger partial charge in [0, 0.05) is 18.2 Å². The van der Waals surface area contributed by atoms with Crippen LogP contribution in [0.25, 0.3) is 17.1 Å². The van der Waals surface area contributed by atoms with Crippen LogP contribution in [0.5, 0.6) is 5.75 Å². The van der Waals surface area contributed by atoms with Crippen LogP contribution in [0, 0.1) is 12.7 Å². The van der Waals surface area contributed by atoms with Crippen LogP contribution in [0.3, 0.4) is 0 Å². The largest absolute Gasteiger partial charge is 0.542 e. The summed E-state index contributed by atoms with van der Waals surface area (Å²) in [7, 11) is -2.27. The van der Waals surface area contributed by atoms with E-state index in [1.165, 1.54) is 4.57 Å². The fraction of sp³-hybridized carbons (Fsp3) is 0.290. The number of aromatic nitrogens is 3. The lowest BCUT2D eigenvalue weighted by Crippen LogP contribution is -2.44. The highest BCUT2D eigenvalue weighted by Crippen LogP contribution is 2.39. The van der Waals surface area contributed by atoms with Gasteiger partial charge in [0.2, 0.25) is 0 Å². The molecule has 0 unspecified atom stereocenters. The predicted octanol–water partition coefficient (Wildman–Crippen LogP) is 7.27. The predicted molar refractivity (Wildman–Crippen MR) is 154 cm³/mol. The first kappa shape index (κ1) is 26.7. The van der Waals surface area contributed by atoms with Gasteiger partial charge in [0.05, 0.1) is 24.1 Å². The van der Waals surface area contributed by atoms with E-state index in [2.05, 4.69) is 44.9 Å². The van der Waals surface area contributed by atoms with E-state index >= 15 is 4.39 Å². The number of aryl methyl sites for hydroxylation is 1. The number of halogens is 1. The molecule has 39 heavy (non-hydrogen) atoms. The van der Waals surface area contributed by atoms with Gasteiger partial charge in [0.1, 0.15) is 17.2 Å². The van der Waals surface area contributed by atoms with Gasteiger partial charge in [0.25, 0.3) is 13.9 Å². The summed E-state index contributed by atoms with van der Waals surface area (Å²) in [4.78, 5) is 21.6. The molecule has 0 fully saturated rings. The van der Waals surface area contributed by atoms with Crippen LogP contribution >= 0.6 is 0 Å². The van der Waals surface area contributed by atoms with E-state index in [4.69, 9.17) is 13.8 Å². The fourth-order valence-electron chi connectivity index (χ4n) is 4.38. The second kappa shape index (κ2) is 10.0. The lowest BCUT2D eigenvalue weighted by molar-refractivity contribution is 0.458. The molecular weight excluding hydrogens is 509 g/mol. The Morgan fingerprint density at radius 1 is 1.08 bits per heavy atom. The molecule has 3 heterocycles. The van der Waals surface area contributed by atoms with Crippen molar-refractivity contribution in [2.75, 3.05) is 0 Å². The molecule has 2 aliphatic heterocycles. The van der Waals surface area contributed by atoms with Crippen molar-refractivity contribution in [3.8, 4) is 22.8 Å². The summed E-state index contributed by atoms with van der Waals surface area (Å²) in [6.07, 6.45) is 3.98. The standard InChI is InChI=1S/C31H34FN3O3Si/c1-20-10-7-11-21(16-20)17-24-29-34-25(18-22-12-9-15-37-22)30(36)35(29)19-26(33-24)23-13-8-14-27(28(23)32)38-39(5,6)31(2,3)4/h7-16,19,33H,17-18H2,1-6H3. The number of nitrogens with zero attached hydrogens (tertiary/aromatic N) is 2. The maximum absolute atomic E-state index is 16.0. The molecule has 0 bridgehead atoms. The zero-order chi connectivity index (χ0) is 27.9. The molecule has 0 saturated heterocycles. The first-order valence-corrected chi connectivity index (χ1v) is 16.0. The third kappa shape index (κ3) is 5.34. The van der Waals surface area contributed by atoms with Gasteiger partial charge in [-0.15, -0.1) is 0 Å². The minimum atomic E-state index is -2.27. The quantitative estimate of drug-likeness (QED) is 0.219. The Labute approximate surface area is 229 Å². The topological polar surface area (TPSA) is 73.0 Å². The second-order valence-corrected chi connectivity index (χ2v) is 16.3. The van der Waals surface area contributed by atoms with Crippen molar-refractivity contribution < 1.29 is 13.2 Å². The van der Waals surface area contributed by atoms with Crippen LogP contribution in [-0.2, 0) is 12.8 Å². The lowest BCUT2D eigenvalue weighted by atomic mass is 10.1. The van der Waals surface area contributed by atoms with Gasteiger partial charge in [0.15, 0.2) is 11.6 Å². The molecule has 202 valence electrons. The molecule has 0 radical (unpaired) electrons. The van der Waals surface area contributed by atoms with Crippen molar-refractivity contribution in [2.45, 2.75) is 58.7 Å². The van der Waals surface area contributed by atoms with E-state index in [0.717, 1.165) is 16.8 Å². The summed E-state index contributed by atoms with van der Waals surface area (Å²) in [5.74, 6) is 0.935. The molecule has 0 spiro atoms. The summed E-state index contributed by atoms with van der Waals surface area (Å²) >= 11 is 0. The molecule has 1 aromatic heterocycles. The van der Waals surface area contributed by atoms with Crippen LogP contribution in [-0.4, -0.2) is 22.9 Å². The molecule has 0 atom stereocenters. The second-order valence-electron chi connectivity index (χ2n) is 11.6. The monoisotopic (exact) mass is 543 g/mol. The van der Waals surface area contributed by atoms with Crippen LogP contribution in [0.15, 0.2) is 76.3 Å². The number of hydrogen-bond acceptors (Lipinski definition) is 4. The zero-order valence-electron chi connectivity index (χ0n) is 23.3. The lowest BCUT2D eigenvalue weighted by Gasteiger charge is -2.36. The number of furan rings is 1. The maximum Gasteiger partial charge on any atom is 0.278 e. The number of aromatic amines is 1. The molecule has 6 nitrogen and oxygen atoms in total. The zero-order valence-corrected chi connectivity index (χ0v) is 24.3. The van der Waals surface area contributed by atoms with Crippen molar-refractivity contribution in [1.29, 1.82) is 0 Å². The minimum Gasteiger partial charge on any atom is -0.542 e. The van der Waals surface area contributed by atoms with Gasteiger partial charge in [-0.25, -0.2) is 9.37 Å². The van der Waals surface area contributed by atoms with E-state index in [9.17, 15) is 4.79 Å². The Kier molecular flexibility index (Phi) is 6.84. The minimum absolute atomic E-state index is 0.0832. The summed E-state index contributed by atoms with van der Waals surface area (Å²) < 4.78 is 29.3. The average molecular weight is 544 g/mol. The normalized spacial score (nSPS) is 12.3. The molecule has 5 rings (SSSR count). The molecule has 1 N–H and O–H groups in total. The average Bonchev–Trinajstić information content (AvgIpc) is 3.48. The van der Waals surface area contributed by atoms with E-state index in [0.29, 0.717) is 35.0 Å². The van der Waals surface area contributed by atoms with Crippen LogP contribution in [0.1, 0.15) is 49.0 Å². The van der Waals surface area contributed by atoms with Crippen molar-refractivity contribution in [2.24, 2.45) is 0 Å². The van der Waals surface area contributed by atoms with Gasteiger partial charge in [-0.05, 0) is 54.9 Å². The number of fused-ring (bicyclic) bond motifs is 1. The van der Waals surface area contributed by atoms with Crippen molar-refractivity contribution in [3.05, 3.63) is 112 Å². The maximum atomic E-state index is 16.0. The van der Waals surface area contributed by atoms with Crippen molar-refractivity contribution >= 4 is 8.32 Å². The fourth-order valence-corrected chi connectivity index (χ4v) is 5.40. The molecule has 2 aromatic carbocycles. The highest BCUT2D eigenvalue weighted by atomic mass is 28.4. The van der Waals surface area contributed by atoms with Gasteiger partial charge in [-0.1, -0.05) is 56.7 Å². The molecule has 8 heteroatoms. The summed E-state index contributed by atoms with van der Waals surface area (Å²) in [5.41, 5.74) is 3.83. The van der Waals surface area contributed by atoms with Gasteiger partial charge < -0.3 is 13.8 Å². The van der Waals surface area contributed by atoms with Crippen LogP contribution in [0.2, 0.25) is 18.1 Å². The molecule has 0 aliphatic carbocycles. The smallest absolute Gasteiger partial charge is 0.278 e. The third-order valence-electron chi connectivity index (χ3n) is 7.56. The third-order valence-corrected chi connectivity index (χ3v) is 11.9. The van der Waals surface area contributed by atoms with Crippen LogP contribution in [0.4, 0.5) is 4.39 Å². The molecular formula is C31H34FN3O3Si. The van der Waals surface area contributed by atoms with Gasteiger partial charge in [-0.2, -0.15) is 0 Å². The Morgan fingerprint density at radius 3 is 2.54 bits per heavy atom. The Hall–Kier alpha value is -3.91. The van der Waals surface area contributed by atoms with Crippen molar-refractivity contribution in [1.82, 2.24) is 14.5 Å². The summed E-state index contributed by atoms with van der Waals surface area (Å²) in [5, 5.41) is -0.0832. The van der Waals surface area contributed by atoms with E-state index in [-0.39, 0.29) is 22.8 Å². The first-order chi connectivity index (χ1) is 18.4. The van der Waals surface area contributed by atoms with Crippen LogP contribution < -0.4 is 9.99 Å². The highest BCUT2D eigenvalue weighted by Gasteiger charge is 2.39. The number of benzene rings is 2. The van der Waals surface area contributed by atoms with Crippen molar-refractivity contribution in [3.63, 3.8) is 0 Å². The first-order valence-electron chi connectivity index (χ1n) is 13.1. The van der Waals surface area contributed by atoms with E-state index in [1.54, 1.807) is 36.7 Å². The molecule has 0 saturated carbocycles. The SMILES string of the molecule is Cc1cccc(Cc2[nH]c(-c3cccc(O[Si](C)(C)C(C)(C)C)c3F)cn3c(=O)c(Cc4ccco4)nc2-3)c1. The molecule has 0 amide bonds. The summed E-state index contributed by atoms with van der Waals surface area (Å²) in [6, 6.07) is 16.9. The Balaban J connectivity index is 1.64. The molecule has 2 aliphatic rings. The number of H-pyrrole nitrogens is 1. The molecule has 3 aromatic rings. The van der Waals surface area contributed by atoms with E-state index in [1.807, 2.05) is 31.2 Å². The number of rotatable bonds is 7.